The highest BCUT2D eigenvalue weighted by atomic mass is 16.6. The van der Waals surface area contributed by atoms with Crippen LogP contribution in [-0.2, 0) is 19.1 Å². The second-order valence-corrected chi connectivity index (χ2v) is 7.29. The smallest absolute Gasteiger partial charge is 0.407 e. The van der Waals surface area contributed by atoms with Crippen LogP contribution in [0.2, 0.25) is 0 Å². The first kappa shape index (κ1) is 25.0. The molecule has 0 radical (unpaired) electrons. The Morgan fingerprint density at radius 1 is 1.18 bits per heavy atom. The molecule has 0 aromatic heterocycles. The third-order valence-electron chi connectivity index (χ3n) is 3.26. The number of hydrogen-bond acceptors (Lipinski definition) is 6. The maximum Gasteiger partial charge on any atom is 0.407 e. The van der Waals surface area contributed by atoms with E-state index in [-0.39, 0.29) is 18.9 Å². The molecule has 2 atom stereocenters. The van der Waals surface area contributed by atoms with Gasteiger partial charge in [-0.1, -0.05) is 19.0 Å². The molecule has 0 aliphatic rings. The number of rotatable bonds is 10. The fourth-order valence-electron chi connectivity index (χ4n) is 2.00. The molecule has 28 heavy (non-hydrogen) atoms. The molecule has 0 bridgehead atoms. The van der Waals surface area contributed by atoms with Gasteiger partial charge in [-0.25, -0.2) is 9.59 Å². The average Bonchev–Trinajstić information content (AvgIpc) is 2.54. The molecule has 0 aliphatic carbocycles. The van der Waals surface area contributed by atoms with Crippen LogP contribution in [0.25, 0.3) is 10.4 Å². The van der Waals surface area contributed by atoms with Gasteiger partial charge in [-0.05, 0) is 38.6 Å². The summed E-state index contributed by atoms with van der Waals surface area (Å²) >= 11 is 0. The Morgan fingerprint density at radius 3 is 2.25 bits per heavy atom. The second kappa shape index (κ2) is 11.7. The van der Waals surface area contributed by atoms with Crippen molar-refractivity contribution in [1.29, 1.82) is 0 Å². The Kier molecular flexibility index (Phi) is 10.4. The molecule has 12 heteroatoms. The van der Waals surface area contributed by atoms with Gasteiger partial charge in [0.15, 0.2) is 0 Å². The SMILES string of the molecule is CC(C)[C@H](NC(=O)CN=[N+]=[N-])C(=O)N[C@@H](CCNC(=O)OC(C)(C)C)C(=O)O. The van der Waals surface area contributed by atoms with Crippen molar-refractivity contribution >= 4 is 23.9 Å². The van der Waals surface area contributed by atoms with Crippen LogP contribution in [0.3, 0.4) is 0 Å². The van der Waals surface area contributed by atoms with Gasteiger partial charge in [-0.15, -0.1) is 0 Å². The standard InChI is InChI=1S/C16H28N6O6/c1-9(2)12(21-11(23)8-19-22-17)13(24)20-10(14(25)26)6-7-18-15(27)28-16(3,4)5/h9-10,12H,6-8H2,1-5H3,(H,18,27)(H,20,24)(H,21,23)(H,25,26)/t10-,12-/m0/s1. The van der Waals surface area contributed by atoms with Crippen molar-refractivity contribution < 1.29 is 29.0 Å². The lowest BCUT2D eigenvalue weighted by atomic mass is 10.0. The van der Waals surface area contributed by atoms with E-state index in [9.17, 15) is 24.3 Å². The van der Waals surface area contributed by atoms with Gasteiger partial charge in [0.1, 0.15) is 24.2 Å². The monoisotopic (exact) mass is 400 g/mol. The van der Waals surface area contributed by atoms with Gasteiger partial charge in [-0.3, -0.25) is 9.59 Å². The summed E-state index contributed by atoms with van der Waals surface area (Å²) in [6.07, 6.45) is -0.786. The molecule has 0 heterocycles. The molecule has 4 N–H and O–H groups in total. The molecule has 0 saturated carbocycles. The van der Waals surface area contributed by atoms with Crippen molar-refractivity contribution in [2.24, 2.45) is 11.0 Å². The molecule has 3 amide bonds. The largest absolute Gasteiger partial charge is 0.480 e. The second-order valence-electron chi connectivity index (χ2n) is 7.29. The molecule has 0 aromatic carbocycles. The van der Waals surface area contributed by atoms with Crippen molar-refractivity contribution in [3.63, 3.8) is 0 Å². The molecule has 0 aliphatic heterocycles. The minimum Gasteiger partial charge on any atom is -0.480 e. The van der Waals surface area contributed by atoms with E-state index >= 15 is 0 Å². The number of hydrogen-bond donors (Lipinski definition) is 4. The van der Waals surface area contributed by atoms with Crippen LogP contribution in [0.15, 0.2) is 5.11 Å². The van der Waals surface area contributed by atoms with E-state index in [0.717, 1.165) is 0 Å². The van der Waals surface area contributed by atoms with E-state index in [1.54, 1.807) is 34.6 Å². The number of carbonyl (C=O) groups excluding carboxylic acids is 3. The van der Waals surface area contributed by atoms with Crippen LogP contribution in [-0.4, -0.2) is 59.8 Å². The summed E-state index contributed by atoms with van der Waals surface area (Å²) in [5.74, 6) is -2.99. The molecular weight excluding hydrogens is 372 g/mol. The number of ether oxygens (including phenoxy) is 1. The lowest BCUT2D eigenvalue weighted by Gasteiger charge is -2.24. The summed E-state index contributed by atoms with van der Waals surface area (Å²) in [4.78, 5) is 49.5. The first-order valence-electron chi connectivity index (χ1n) is 8.67. The highest BCUT2D eigenvalue weighted by molar-refractivity contribution is 5.91. The molecule has 0 rings (SSSR count). The molecule has 0 fully saturated rings. The third-order valence-corrected chi connectivity index (χ3v) is 3.26. The Hall–Kier alpha value is -3.01. The van der Waals surface area contributed by atoms with Gasteiger partial charge in [0.05, 0.1) is 0 Å². The van der Waals surface area contributed by atoms with E-state index in [2.05, 4.69) is 26.0 Å². The maximum absolute atomic E-state index is 12.4. The fraction of sp³-hybridized carbons (Fsp3) is 0.750. The summed E-state index contributed by atoms with van der Waals surface area (Å²) < 4.78 is 5.04. The summed E-state index contributed by atoms with van der Waals surface area (Å²) in [5.41, 5.74) is 7.53. The van der Waals surface area contributed by atoms with E-state index in [1.165, 1.54) is 0 Å². The highest BCUT2D eigenvalue weighted by Crippen LogP contribution is 2.07. The van der Waals surface area contributed by atoms with Crippen molar-refractivity contribution in [2.75, 3.05) is 13.1 Å². The van der Waals surface area contributed by atoms with Crippen molar-refractivity contribution in [3.05, 3.63) is 10.4 Å². The molecule has 0 spiro atoms. The lowest BCUT2D eigenvalue weighted by molar-refractivity contribution is -0.142. The number of aliphatic carboxylic acids is 1. The van der Waals surface area contributed by atoms with Crippen LogP contribution in [0.4, 0.5) is 4.79 Å². The number of nitrogens with zero attached hydrogens (tertiary/aromatic N) is 3. The van der Waals surface area contributed by atoms with Crippen molar-refractivity contribution in [1.82, 2.24) is 16.0 Å². The Bertz CT molecular complexity index is 624. The first-order valence-corrected chi connectivity index (χ1v) is 8.67. The van der Waals surface area contributed by atoms with Gasteiger partial charge in [0.2, 0.25) is 11.8 Å². The number of carboxylic acids is 1. The topological polar surface area (TPSA) is 183 Å². The number of amides is 3. The molecule has 12 nitrogen and oxygen atoms in total. The van der Waals surface area contributed by atoms with Gasteiger partial charge >= 0.3 is 12.1 Å². The maximum atomic E-state index is 12.4. The molecule has 158 valence electrons. The predicted octanol–water partition coefficient (Wildman–Crippen LogP) is 0.922. The van der Waals surface area contributed by atoms with Crippen molar-refractivity contribution in [2.45, 2.75) is 58.7 Å². The van der Waals surface area contributed by atoms with Gasteiger partial charge in [-0.2, -0.15) is 0 Å². The number of alkyl carbamates (subject to hydrolysis) is 1. The zero-order chi connectivity index (χ0) is 21.9. The summed E-state index contributed by atoms with van der Waals surface area (Å²) in [7, 11) is 0. The number of carboxylic acid groups (broad SMARTS) is 1. The Labute approximate surface area is 163 Å². The van der Waals surface area contributed by atoms with E-state index in [1.807, 2.05) is 0 Å². The van der Waals surface area contributed by atoms with Crippen LogP contribution in [0, 0.1) is 5.92 Å². The van der Waals surface area contributed by atoms with Crippen LogP contribution in [0.5, 0.6) is 0 Å². The summed E-state index contributed by atoms with van der Waals surface area (Å²) in [6.45, 7) is 7.88. The third kappa shape index (κ3) is 10.9. The van der Waals surface area contributed by atoms with Crippen LogP contribution >= 0.6 is 0 Å². The van der Waals surface area contributed by atoms with Crippen molar-refractivity contribution in [3.8, 4) is 0 Å². The molecule has 0 aromatic rings. The molecule has 0 unspecified atom stereocenters. The van der Waals surface area contributed by atoms with E-state index in [0.29, 0.717) is 0 Å². The zero-order valence-electron chi connectivity index (χ0n) is 16.7. The van der Waals surface area contributed by atoms with Crippen LogP contribution in [0.1, 0.15) is 41.0 Å². The lowest BCUT2D eigenvalue weighted by Crippen LogP contribution is -2.54. The molecule has 0 saturated heterocycles. The Morgan fingerprint density at radius 2 is 1.79 bits per heavy atom. The van der Waals surface area contributed by atoms with E-state index in [4.69, 9.17) is 10.3 Å². The Balaban J connectivity index is 4.79. The average molecular weight is 400 g/mol. The predicted molar refractivity (Wildman–Crippen MR) is 99.2 cm³/mol. The summed E-state index contributed by atoms with van der Waals surface area (Å²) in [6, 6.07) is -2.29. The first-order chi connectivity index (χ1) is 12.9. The van der Waals surface area contributed by atoms with E-state index < -0.39 is 48.1 Å². The number of carbonyl (C=O) groups is 4. The minimum absolute atomic E-state index is 0.0399. The summed E-state index contributed by atoms with van der Waals surface area (Å²) in [5, 5.41) is 19.5. The van der Waals surface area contributed by atoms with Gasteiger partial charge in [0.25, 0.3) is 0 Å². The number of azide groups is 1. The quantitative estimate of drug-likeness (QED) is 0.240. The zero-order valence-corrected chi connectivity index (χ0v) is 16.7. The van der Waals surface area contributed by atoms with Gasteiger partial charge in [0, 0.05) is 11.5 Å². The van der Waals surface area contributed by atoms with Crippen LogP contribution < -0.4 is 16.0 Å². The minimum atomic E-state index is -1.29. The van der Waals surface area contributed by atoms with Gasteiger partial charge < -0.3 is 25.8 Å². The highest BCUT2D eigenvalue weighted by Gasteiger charge is 2.28. The normalized spacial score (nSPS) is 12.9. The molecular formula is C16H28N6O6. The fourth-order valence-corrected chi connectivity index (χ4v) is 2.00. The number of nitrogens with one attached hydrogen (secondary N) is 3.